The summed E-state index contributed by atoms with van der Waals surface area (Å²) in [7, 11) is 0. The summed E-state index contributed by atoms with van der Waals surface area (Å²) >= 11 is 4.10. The van der Waals surface area contributed by atoms with Crippen LogP contribution in [-0.2, 0) is 4.79 Å². The minimum absolute atomic E-state index is 0.152. The zero-order valence-corrected chi connectivity index (χ0v) is 12.4. The molecule has 3 aromatic heterocycles. The van der Waals surface area contributed by atoms with Crippen molar-refractivity contribution in [3.05, 3.63) is 29.1 Å². The van der Waals surface area contributed by atoms with Crippen LogP contribution in [0.4, 0.5) is 5.13 Å². The van der Waals surface area contributed by atoms with Crippen LogP contribution in [0, 0.1) is 0 Å². The van der Waals surface area contributed by atoms with Crippen molar-refractivity contribution >= 4 is 45.5 Å². The van der Waals surface area contributed by atoms with E-state index in [4.69, 9.17) is 4.42 Å². The molecule has 0 fully saturated rings. The molecule has 0 atom stereocenters. The van der Waals surface area contributed by atoms with E-state index in [1.165, 1.54) is 34.4 Å². The Hall–Kier alpha value is -1.71. The van der Waals surface area contributed by atoms with Crippen molar-refractivity contribution < 1.29 is 9.21 Å². The first-order valence-electron chi connectivity index (χ1n) is 5.51. The first-order valence-corrected chi connectivity index (χ1v) is 8.25. The lowest BCUT2D eigenvalue weighted by Gasteiger charge is -1.98. The monoisotopic (exact) mass is 324 g/mol. The molecule has 0 aliphatic rings. The number of anilines is 1. The molecule has 3 rings (SSSR count). The minimum Gasteiger partial charge on any atom is -0.410 e. The molecule has 0 unspecified atom stereocenters. The number of hydrogen-bond acceptors (Lipinski definition) is 8. The molecule has 1 amide bonds. The van der Waals surface area contributed by atoms with Gasteiger partial charge in [-0.05, 0) is 11.4 Å². The van der Waals surface area contributed by atoms with E-state index in [0.717, 1.165) is 4.88 Å². The van der Waals surface area contributed by atoms with Gasteiger partial charge in [0.2, 0.25) is 5.91 Å². The van der Waals surface area contributed by atoms with Crippen LogP contribution in [0.15, 0.2) is 38.7 Å². The van der Waals surface area contributed by atoms with Gasteiger partial charge in [-0.3, -0.25) is 4.79 Å². The van der Waals surface area contributed by atoms with Gasteiger partial charge in [-0.2, -0.15) is 0 Å². The summed E-state index contributed by atoms with van der Waals surface area (Å²) in [5.74, 6) is 0.523. The molecule has 9 heteroatoms. The number of carbonyl (C=O) groups is 1. The van der Waals surface area contributed by atoms with E-state index < -0.39 is 0 Å². The summed E-state index contributed by atoms with van der Waals surface area (Å²) in [4.78, 5) is 16.6. The first kappa shape index (κ1) is 13.3. The average molecular weight is 324 g/mol. The van der Waals surface area contributed by atoms with Crippen LogP contribution in [0.3, 0.4) is 0 Å². The normalized spacial score (nSPS) is 10.6. The molecule has 1 N–H and O–H groups in total. The summed E-state index contributed by atoms with van der Waals surface area (Å²) in [5.41, 5.74) is 0. The molecule has 0 bridgehead atoms. The minimum atomic E-state index is -0.152. The number of hydrogen-bond donors (Lipinski definition) is 1. The zero-order chi connectivity index (χ0) is 13.8. The fourth-order valence-corrected chi connectivity index (χ4v) is 3.09. The van der Waals surface area contributed by atoms with Crippen molar-refractivity contribution in [3.8, 4) is 10.8 Å². The van der Waals surface area contributed by atoms with Crippen LogP contribution in [-0.4, -0.2) is 26.8 Å². The predicted octanol–water partition coefficient (Wildman–Crippen LogP) is 2.99. The Morgan fingerprint density at radius 3 is 3.05 bits per heavy atom. The number of nitrogens with one attached hydrogen (secondary N) is 1. The molecule has 0 radical (unpaired) electrons. The smallest absolute Gasteiger partial charge is 0.277 e. The molecular weight excluding hydrogens is 316 g/mol. The van der Waals surface area contributed by atoms with Crippen molar-refractivity contribution in [2.24, 2.45) is 0 Å². The summed E-state index contributed by atoms with van der Waals surface area (Å²) in [6.45, 7) is 0. The van der Waals surface area contributed by atoms with Crippen molar-refractivity contribution in [2.75, 3.05) is 11.1 Å². The molecule has 0 spiro atoms. The van der Waals surface area contributed by atoms with Gasteiger partial charge in [0.15, 0.2) is 5.13 Å². The zero-order valence-electron chi connectivity index (χ0n) is 9.98. The molecule has 3 aromatic rings. The van der Waals surface area contributed by atoms with E-state index >= 15 is 0 Å². The van der Waals surface area contributed by atoms with E-state index in [-0.39, 0.29) is 11.7 Å². The Kier molecular flexibility index (Phi) is 4.09. The van der Waals surface area contributed by atoms with E-state index in [1.807, 2.05) is 17.5 Å². The summed E-state index contributed by atoms with van der Waals surface area (Å²) < 4.78 is 5.47. The fourth-order valence-electron chi connectivity index (χ4n) is 1.34. The molecular formula is C11H8N4O2S3. The lowest BCUT2D eigenvalue weighted by Crippen LogP contribution is -2.13. The molecule has 0 aliphatic carbocycles. The average Bonchev–Trinajstić information content (AvgIpc) is 3.18. The van der Waals surface area contributed by atoms with Gasteiger partial charge in [0, 0.05) is 11.6 Å². The highest BCUT2D eigenvalue weighted by atomic mass is 32.2. The number of thioether (sulfide) groups is 1. The van der Waals surface area contributed by atoms with Gasteiger partial charge < -0.3 is 9.73 Å². The van der Waals surface area contributed by atoms with Crippen LogP contribution < -0.4 is 5.32 Å². The van der Waals surface area contributed by atoms with Crippen LogP contribution in [0.2, 0.25) is 0 Å². The topological polar surface area (TPSA) is 80.9 Å². The second-order valence-corrected chi connectivity index (χ2v) is 6.29. The second-order valence-electron chi connectivity index (χ2n) is 3.52. The van der Waals surface area contributed by atoms with Crippen molar-refractivity contribution in [1.29, 1.82) is 0 Å². The van der Waals surface area contributed by atoms with Gasteiger partial charge in [-0.25, -0.2) is 4.98 Å². The number of carbonyl (C=O) groups excluding carboxylic acids is 1. The van der Waals surface area contributed by atoms with Crippen molar-refractivity contribution in [1.82, 2.24) is 15.2 Å². The third kappa shape index (κ3) is 3.24. The number of nitrogens with zero attached hydrogens (tertiary/aromatic N) is 3. The number of aromatic nitrogens is 3. The van der Waals surface area contributed by atoms with E-state index in [1.54, 1.807) is 11.6 Å². The lowest BCUT2D eigenvalue weighted by atomic mass is 10.5. The molecule has 0 aliphatic heterocycles. The van der Waals surface area contributed by atoms with Crippen LogP contribution in [0.1, 0.15) is 0 Å². The van der Waals surface area contributed by atoms with E-state index in [9.17, 15) is 4.79 Å². The molecule has 0 saturated carbocycles. The molecule has 102 valence electrons. The molecule has 6 nitrogen and oxygen atoms in total. The Labute approximate surface area is 126 Å². The maximum Gasteiger partial charge on any atom is 0.277 e. The largest absolute Gasteiger partial charge is 0.410 e. The first-order chi connectivity index (χ1) is 9.81. The Morgan fingerprint density at radius 2 is 2.30 bits per heavy atom. The van der Waals surface area contributed by atoms with Gasteiger partial charge >= 0.3 is 0 Å². The van der Waals surface area contributed by atoms with Crippen molar-refractivity contribution in [2.45, 2.75) is 5.22 Å². The molecule has 20 heavy (non-hydrogen) atoms. The van der Waals surface area contributed by atoms with E-state index in [2.05, 4.69) is 20.5 Å². The lowest BCUT2D eigenvalue weighted by molar-refractivity contribution is -0.113. The highest BCUT2D eigenvalue weighted by molar-refractivity contribution is 7.99. The Bertz CT molecular complexity index is 678. The van der Waals surface area contributed by atoms with Gasteiger partial charge in [-0.15, -0.1) is 32.9 Å². The summed E-state index contributed by atoms with van der Waals surface area (Å²) in [6, 6.07) is 3.82. The third-order valence-electron chi connectivity index (χ3n) is 2.14. The Balaban J connectivity index is 1.55. The van der Waals surface area contributed by atoms with Gasteiger partial charge in [0.25, 0.3) is 11.1 Å². The highest BCUT2D eigenvalue weighted by Crippen LogP contribution is 2.26. The quantitative estimate of drug-likeness (QED) is 0.727. The van der Waals surface area contributed by atoms with Crippen molar-refractivity contribution in [3.63, 3.8) is 0 Å². The van der Waals surface area contributed by atoms with Crippen LogP contribution in [0.25, 0.3) is 10.8 Å². The number of thiophene rings is 1. The van der Waals surface area contributed by atoms with Gasteiger partial charge in [-0.1, -0.05) is 17.8 Å². The highest BCUT2D eigenvalue weighted by Gasteiger charge is 2.12. The van der Waals surface area contributed by atoms with Crippen LogP contribution in [0.5, 0.6) is 0 Å². The maximum atomic E-state index is 11.7. The number of amides is 1. The standard InChI is InChI=1S/C11H8N4O2S3/c16-8(13-10-12-3-5-19-10)6-20-11-15-14-9(17-11)7-2-1-4-18-7/h1-5H,6H2,(H,12,13,16). The van der Waals surface area contributed by atoms with Crippen LogP contribution >= 0.6 is 34.4 Å². The Morgan fingerprint density at radius 1 is 1.35 bits per heavy atom. The SMILES string of the molecule is O=C(CSc1nnc(-c2cccs2)o1)Nc1nccs1. The summed E-state index contributed by atoms with van der Waals surface area (Å²) in [6.07, 6.45) is 1.64. The maximum absolute atomic E-state index is 11.7. The summed E-state index contributed by atoms with van der Waals surface area (Å²) in [5, 5.41) is 15.2. The predicted molar refractivity (Wildman–Crippen MR) is 79.1 cm³/mol. The molecule has 0 saturated heterocycles. The second kappa shape index (κ2) is 6.16. The third-order valence-corrected chi connectivity index (χ3v) is 4.51. The molecule has 0 aromatic carbocycles. The fraction of sp³-hybridized carbons (Fsp3) is 0.0909. The number of rotatable bonds is 5. The number of thiazole rings is 1. The van der Waals surface area contributed by atoms with Gasteiger partial charge in [0.05, 0.1) is 10.6 Å². The van der Waals surface area contributed by atoms with Gasteiger partial charge in [0.1, 0.15) is 0 Å². The molecule has 3 heterocycles. The van der Waals surface area contributed by atoms with E-state index in [0.29, 0.717) is 16.2 Å².